The molecule has 35 heavy (non-hydrogen) atoms. The molecule has 3 aliphatic rings. The van der Waals surface area contributed by atoms with E-state index in [4.69, 9.17) is 21.1 Å². The smallest absolute Gasteiger partial charge is 0.250 e. The summed E-state index contributed by atoms with van der Waals surface area (Å²) in [5, 5.41) is 16.9. The van der Waals surface area contributed by atoms with Crippen LogP contribution in [0.15, 0.2) is 36.4 Å². The van der Waals surface area contributed by atoms with E-state index in [2.05, 4.69) is 10.6 Å². The minimum absolute atomic E-state index is 0.132. The topological polar surface area (TPSA) is 117 Å². The van der Waals surface area contributed by atoms with Crippen molar-refractivity contribution in [2.45, 2.75) is 31.0 Å². The maximum absolute atomic E-state index is 13.7. The van der Waals surface area contributed by atoms with Gasteiger partial charge in [-0.3, -0.25) is 24.6 Å². The Morgan fingerprint density at radius 2 is 1.83 bits per heavy atom. The molecule has 184 valence electrons. The Labute approximate surface area is 207 Å². The van der Waals surface area contributed by atoms with Crippen molar-refractivity contribution >= 4 is 35.0 Å². The number of aliphatic hydroxyl groups excluding tert-OH is 1. The van der Waals surface area contributed by atoms with Gasteiger partial charge >= 0.3 is 0 Å². The number of hydrogen-bond acceptors (Lipinski definition) is 7. The molecule has 0 unspecified atom stereocenters. The lowest BCUT2D eigenvalue weighted by atomic mass is 9.76. The molecule has 10 heteroatoms. The molecule has 0 saturated carbocycles. The van der Waals surface area contributed by atoms with Crippen LogP contribution in [0.25, 0.3) is 0 Å². The highest BCUT2D eigenvalue weighted by molar-refractivity contribution is 6.31. The third-order valence-electron chi connectivity index (χ3n) is 7.29. The average molecular weight is 500 g/mol. The number of imide groups is 1. The van der Waals surface area contributed by atoms with E-state index in [1.807, 2.05) is 6.07 Å². The summed E-state index contributed by atoms with van der Waals surface area (Å²) in [6, 6.07) is 9.59. The van der Waals surface area contributed by atoms with Gasteiger partial charge in [-0.15, -0.1) is 0 Å². The molecule has 2 aromatic rings. The van der Waals surface area contributed by atoms with Crippen molar-refractivity contribution in [3.8, 4) is 11.5 Å². The van der Waals surface area contributed by atoms with Crippen LogP contribution in [0, 0.1) is 11.8 Å². The van der Waals surface area contributed by atoms with Gasteiger partial charge in [0.25, 0.3) is 0 Å². The van der Waals surface area contributed by atoms with Gasteiger partial charge in [0.1, 0.15) is 5.54 Å². The molecule has 5 rings (SSSR count). The van der Waals surface area contributed by atoms with Crippen molar-refractivity contribution in [2.24, 2.45) is 11.8 Å². The third kappa shape index (κ3) is 3.41. The van der Waals surface area contributed by atoms with Crippen LogP contribution in [0.5, 0.6) is 11.5 Å². The zero-order valence-electron chi connectivity index (χ0n) is 19.5. The Morgan fingerprint density at radius 1 is 1.09 bits per heavy atom. The molecule has 3 amide bonds. The number of benzene rings is 2. The molecule has 3 N–H and O–H groups in total. The fourth-order valence-electron chi connectivity index (χ4n) is 5.68. The minimum atomic E-state index is -1.49. The fourth-order valence-corrected chi connectivity index (χ4v) is 5.85. The number of methoxy groups -OCH3 is 2. The maximum Gasteiger partial charge on any atom is 0.250 e. The maximum atomic E-state index is 13.7. The number of amides is 3. The van der Waals surface area contributed by atoms with Crippen LogP contribution < -0.4 is 20.1 Å². The first kappa shape index (κ1) is 23.6. The minimum Gasteiger partial charge on any atom is -0.493 e. The van der Waals surface area contributed by atoms with E-state index in [-0.39, 0.29) is 6.54 Å². The quantitative estimate of drug-likeness (QED) is 0.518. The van der Waals surface area contributed by atoms with Gasteiger partial charge in [-0.1, -0.05) is 17.7 Å². The number of nitrogens with one attached hydrogen (secondary N) is 2. The SMILES string of the molecule is COc1ccc(CCN2C(=O)[C@@H]3[C@@H]([C@H](C)O)N[C@@]4(C(=O)Nc5ccc(Cl)cc54)[C@@H]3C2=O)cc1OC. The summed E-state index contributed by atoms with van der Waals surface area (Å²) in [4.78, 5) is 41.8. The molecule has 9 nitrogen and oxygen atoms in total. The molecule has 5 atom stereocenters. The molecular weight excluding hydrogens is 474 g/mol. The monoisotopic (exact) mass is 499 g/mol. The molecule has 0 radical (unpaired) electrons. The predicted molar refractivity (Wildman–Crippen MR) is 127 cm³/mol. The Bertz CT molecular complexity index is 1230. The van der Waals surface area contributed by atoms with E-state index in [0.717, 1.165) is 5.56 Å². The molecule has 3 aliphatic heterocycles. The van der Waals surface area contributed by atoms with E-state index >= 15 is 0 Å². The van der Waals surface area contributed by atoms with E-state index in [1.54, 1.807) is 44.4 Å². The Balaban J connectivity index is 1.49. The van der Waals surface area contributed by atoms with Crippen LogP contribution in [0.4, 0.5) is 5.69 Å². The molecule has 2 aromatic carbocycles. The Kier molecular flexibility index (Phi) is 5.74. The third-order valence-corrected chi connectivity index (χ3v) is 7.53. The summed E-state index contributed by atoms with van der Waals surface area (Å²) in [6.45, 7) is 1.68. The van der Waals surface area contributed by atoms with Gasteiger partial charge in [0.2, 0.25) is 17.7 Å². The summed E-state index contributed by atoms with van der Waals surface area (Å²) < 4.78 is 10.6. The molecule has 0 aromatic heterocycles. The number of halogens is 1. The largest absolute Gasteiger partial charge is 0.493 e. The van der Waals surface area contributed by atoms with Gasteiger partial charge in [0.15, 0.2) is 11.5 Å². The molecule has 1 spiro atoms. The van der Waals surface area contributed by atoms with Crippen LogP contribution in [0.3, 0.4) is 0 Å². The first-order valence-corrected chi connectivity index (χ1v) is 11.7. The highest BCUT2D eigenvalue weighted by Crippen LogP contribution is 2.53. The highest BCUT2D eigenvalue weighted by Gasteiger charge is 2.71. The van der Waals surface area contributed by atoms with Crippen LogP contribution in [-0.2, 0) is 26.3 Å². The number of aliphatic hydroxyl groups is 1. The zero-order chi connectivity index (χ0) is 25.1. The molecule has 0 aliphatic carbocycles. The lowest BCUT2D eigenvalue weighted by molar-refractivity contribution is -0.143. The van der Waals surface area contributed by atoms with E-state index in [9.17, 15) is 19.5 Å². The number of fused-ring (bicyclic) bond motifs is 4. The highest BCUT2D eigenvalue weighted by atomic mass is 35.5. The number of nitrogens with zero attached hydrogens (tertiary/aromatic N) is 1. The number of rotatable bonds is 6. The second-order valence-electron chi connectivity index (χ2n) is 9.13. The summed E-state index contributed by atoms with van der Waals surface area (Å²) in [5.41, 5.74) is 0.408. The van der Waals surface area contributed by atoms with Gasteiger partial charge in [-0.05, 0) is 49.2 Å². The number of hydrogen-bond donors (Lipinski definition) is 3. The van der Waals surface area contributed by atoms with Crippen molar-refractivity contribution in [1.29, 1.82) is 0 Å². The first-order chi connectivity index (χ1) is 16.7. The molecular formula is C25H26ClN3O6. The van der Waals surface area contributed by atoms with Gasteiger partial charge < -0.3 is 19.9 Å². The normalized spacial score (nSPS) is 27.7. The number of ether oxygens (including phenoxy) is 2. The van der Waals surface area contributed by atoms with E-state index in [1.165, 1.54) is 12.0 Å². The predicted octanol–water partition coefficient (Wildman–Crippen LogP) is 1.70. The van der Waals surface area contributed by atoms with Crippen LogP contribution >= 0.6 is 11.6 Å². The summed E-state index contributed by atoms with van der Waals surface area (Å²) in [7, 11) is 3.08. The molecule has 2 saturated heterocycles. The molecule has 2 fully saturated rings. The van der Waals surface area contributed by atoms with E-state index in [0.29, 0.717) is 34.2 Å². The molecule has 3 heterocycles. The number of anilines is 1. The van der Waals surface area contributed by atoms with Gasteiger partial charge in [0.05, 0.1) is 32.2 Å². The molecule has 0 bridgehead atoms. The van der Waals surface area contributed by atoms with E-state index < -0.39 is 47.2 Å². The Morgan fingerprint density at radius 3 is 2.51 bits per heavy atom. The second kappa shape index (κ2) is 8.51. The standard InChI is InChI=1S/C25H26ClN3O6/c1-12(30)21-19-20(25(28-21)15-11-14(26)5-6-16(15)27-24(25)33)23(32)29(22(19)31)9-8-13-4-7-17(34-2)18(10-13)35-3/h4-7,10-12,19-21,28,30H,8-9H2,1-3H3,(H,27,33)/t12-,19-,20-,21+,25+/m0/s1. The van der Waals surface area contributed by atoms with Gasteiger partial charge in [-0.2, -0.15) is 0 Å². The van der Waals surface area contributed by atoms with Crippen molar-refractivity contribution in [3.05, 3.63) is 52.5 Å². The van der Waals surface area contributed by atoms with Crippen molar-refractivity contribution in [2.75, 3.05) is 26.1 Å². The van der Waals surface area contributed by atoms with Gasteiger partial charge in [-0.25, -0.2) is 0 Å². The zero-order valence-corrected chi connectivity index (χ0v) is 20.3. The number of carbonyl (C=O) groups excluding carboxylic acids is 3. The summed E-state index contributed by atoms with van der Waals surface area (Å²) in [6.07, 6.45) is -0.577. The number of likely N-dealkylation sites (tertiary alicyclic amines) is 1. The van der Waals surface area contributed by atoms with Crippen molar-refractivity contribution < 1.29 is 29.0 Å². The first-order valence-electron chi connectivity index (χ1n) is 11.4. The lowest BCUT2D eigenvalue weighted by Gasteiger charge is -2.30. The summed E-state index contributed by atoms with van der Waals surface area (Å²) in [5.74, 6) is -2.04. The van der Waals surface area contributed by atoms with Crippen molar-refractivity contribution in [1.82, 2.24) is 10.2 Å². The van der Waals surface area contributed by atoms with Crippen LogP contribution in [-0.4, -0.2) is 60.6 Å². The average Bonchev–Trinajstić information content (AvgIpc) is 3.43. The Hall–Kier alpha value is -3.14. The van der Waals surface area contributed by atoms with Crippen LogP contribution in [0.1, 0.15) is 18.1 Å². The van der Waals surface area contributed by atoms with Crippen LogP contribution in [0.2, 0.25) is 5.02 Å². The number of carbonyl (C=O) groups is 3. The lowest BCUT2D eigenvalue weighted by Crippen LogP contribution is -2.55. The summed E-state index contributed by atoms with van der Waals surface area (Å²) >= 11 is 6.23. The fraction of sp³-hybridized carbons (Fsp3) is 0.400. The van der Waals surface area contributed by atoms with Gasteiger partial charge in [0, 0.05) is 28.9 Å². The second-order valence-corrected chi connectivity index (χ2v) is 9.57. The van der Waals surface area contributed by atoms with Crippen molar-refractivity contribution in [3.63, 3.8) is 0 Å².